The second kappa shape index (κ2) is 7.94. The van der Waals surface area contributed by atoms with Gasteiger partial charge in [-0.05, 0) is 63.9 Å². The second-order valence-electron chi connectivity index (χ2n) is 7.44. The van der Waals surface area contributed by atoms with Crippen LogP contribution in [0, 0.1) is 5.92 Å². The smallest absolute Gasteiger partial charge is 0.231 e. The molecular weight excluding hydrogens is 346 g/mol. The molecule has 2 aromatic rings. The normalized spacial score (nSPS) is 20.0. The van der Waals surface area contributed by atoms with Gasteiger partial charge in [0.25, 0.3) is 0 Å². The van der Waals surface area contributed by atoms with E-state index >= 15 is 0 Å². The molecule has 1 saturated heterocycles. The molecule has 6 heteroatoms. The van der Waals surface area contributed by atoms with Crippen molar-refractivity contribution < 1.29 is 9.47 Å². The highest BCUT2D eigenvalue weighted by Crippen LogP contribution is 2.36. The minimum atomic E-state index is 0.307. The van der Waals surface area contributed by atoms with E-state index in [1.165, 1.54) is 25.9 Å². The van der Waals surface area contributed by atoms with Crippen molar-refractivity contribution in [1.29, 1.82) is 0 Å². The third-order valence-electron chi connectivity index (χ3n) is 5.19. The summed E-state index contributed by atoms with van der Waals surface area (Å²) in [5.41, 5.74) is 2.20. The Kier molecular flexibility index (Phi) is 5.43. The summed E-state index contributed by atoms with van der Waals surface area (Å²) >= 11 is 1.68. The van der Waals surface area contributed by atoms with E-state index in [-0.39, 0.29) is 0 Å². The number of likely N-dealkylation sites (tertiary alicyclic amines) is 1. The topological polar surface area (TPSA) is 46.6 Å². The number of thiazole rings is 1. The first-order chi connectivity index (χ1) is 12.7. The van der Waals surface area contributed by atoms with Crippen molar-refractivity contribution >= 4 is 11.3 Å². The third-order valence-corrected chi connectivity index (χ3v) is 6.13. The summed E-state index contributed by atoms with van der Waals surface area (Å²) in [5, 5.41) is 6.79. The predicted molar refractivity (Wildman–Crippen MR) is 105 cm³/mol. The first-order valence-electron chi connectivity index (χ1n) is 9.48. The quantitative estimate of drug-likeness (QED) is 0.836. The van der Waals surface area contributed by atoms with Gasteiger partial charge in [0.2, 0.25) is 6.79 Å². The highest BCUT2D eigenvalue weighted by atomic mass is 32.1. The highest BCUT2D eigenvalue weighted by Gasteiger charge is 2.21. The molecule has 2 aliphatic heterocycles. The lowest BCUT2D eigenvalue weighted by Gasteiger charge is -2.35. The summed E-state index contributed by atoms with van der Waals surface area (Å²) in [4.78, 5) is 7.37. The molecule has 3 heterocycles. The Morgan fingerprint density at radius 2 is 2.19 bits per heavy atom. The molecule has 1 unspecified atom stereocenters. The van der Waals surface area contributed by atoms with Crippen molar-refractivity contribution in [3.05, 3.63) is 29.3 Å². The molecule has 0 bridgehead atoms. The maximum atomic E-state index is 5.46. The third kappa shape index (κ3) is 4.03. The van der Waals surface area contributed by atoms with Crippen LogP contribution in [0.1, 0.15) is 32.4 Å². The van der Waals surface area contributed by atoms with Crippen LogP contribution in [0.5, 0.6) is 11.5 Å². The molecular formula is C20H27N3O2S. The fourth-order valence-corrected chi connectivity index (χ4v) is 4.50. The van der Waals surface area contributed by atoms with E-state index in [1.54, 1.807) is 11.3 Å². The summed E-state index contributed by atoms with van der Waals surface area (Å²) in [5.74, 6) is 2.37. The van der Waals surface area contributed by atoms with Crippen molar-refractivity contribution in [1.82, 2.24) is 15.2 Å². The lowest BCUT2D eigenvalue weighted by atomic mass is 9.97. The number of aromatic nitrogens is 1. The number of fused-ring (bicyclic) bond motifs is 1. The van der Waals surface area contributed by atoms with Gasteiger partial charge in [0.15, 0.2) is 11.5 Å². The molecule has 1 aromatic heterocycles. The molecule has 0 amide bonds. The molecule has 26 heavy (non-hydrogen) atoms. The van der Waals surface area contributed by atoms with Gasteiger partial charge < -0.3 is 19.7 Å². The molecule has 140 valence electrons. The van der Waals surface area contributed by atoms with Gasteiger partial charge in [-0.3, -0.25) is 0 Å². The molecule has 0 radical (unpaired) electrons. The van der Waals surface area contributed by atoms with Crippen molar-refractivity contribution in [3.63, 3.8) is 0 Å². The minimum Gasteiger partial charge on any atom is -0.454 e. The SMILES string of the molecule is CC(C)N1CCCC(CNCc2csc(-c3ccc4c(c3)OCO4)n2)C1. The predicted octanol–water partition coefficient (Wildman–Crippen LogP) is 3.75. The van der Waals surface area contributed by atoms with Crippen LogP contribution in [0.15, 0.2) is 23.6 Å². The summed E-state index contributed by atoms with van der Waals surface area (Å²) < 4.78 is 10.8. The lowest BCUT2D eigenvalue weighted by molar-refractivity contribution is 0.138. The van der Waals surface area contributed by atoms with Crippen molar-refractivity contribution in [2.75, 3.05) is 26.4 Å². The number of nitrogens with one attached hydrogen (secondary N) is 1. The molecule has 0 spiro atoms. The minimum absolute atomic E-state index is 0.307. The van der Waals surface area contributed by atoms with Crippen LogP contribution in [0.2, 0.25) is 0 Å². The van der Waals surface area contributed by atoms with E-state index in [0.29, 0.717) is 12.8 Å². The fourth-order valence-electron chi connectivity index (χ4n) is 3.69. The van der Waals surface area contributed by atoms with Gasteiger partial charge in [0.1, 0.15) is 5.01 Å². The molecule has 0 saturated carbocycles. The van der Waals surface area contributed by atoms with Gasteiger partial charge in [-0.2, -0.15) is 0 Å². The standard InChI is InChI=1S/C20H27N3O2S/c1-14(2)23-7-3-4-15(11-23)9-21-10-17-12-26-20(22-17)16-5-6-18-19(8-16)25-13-24-18/h5-6,8,12,14-15,21H,3-4,7,9-11,13H2,1-2H3. The Labute approximate surface area is 159 Å². The lowest BCUT2D eigenvalue weighted by Crippen LogP contribution is -2.42. The number of hydrogen-bond donors (Lipinski definition) is 1. The van der Waals surface area contributed by atoms with Crippen LogP contribution in [0.25, 0.3) is 10.6 Å². The number of nitrogens with zero attached hydrogens (tertiary/aromatic N) is 2. The average molecular weight is 374 g/mol. The largest absolute Gasteiger partial charge is 0.454 e. The Hall–Kier alpha value is -1.63. The summed E-state index contributed by atoms with van der Waals surface area (Å²) in [7, 11) is 0. The summed E-state index contributed by atoms with van der Waals surface area (Å²) in [6, 6.07) is 6.67. The zero-order valence-electron chi connectivity index (χ0n) is 15.5. The Balaban J connectivity index is 1.30. The van der Waals surface area contributed by atoms with E-state index in [2.05, 4.69) is 29.4 Å². The van der Waals surface area contributed by atoms with Gasteiger partial charge >= 0.3 is 0 Å². The van der Waals surface area contributed by atoms with Gasteiger partial charge in [-0.15, -0.1) is 11.3 Å². The zero-order valence-corrected chi connectivity index (χ0v) is 16.3. The first-order valence-corrected chi connectivity index (χ1v) is 10.4. The van der Waals surface area contributed by atoms with E-state index in [1.807, 2.05) is 18.2 Å². The molecule has 0 aliphatic carbocycles. The molecule has 1 aromatic carbocycles. The molecule has 1 N–H and O–H groups in total. The molecule has 4 rings (SSSR count). The number of ether oxygens (including phenoxy) is 2. The van der Waals surface area contributed by atoms with Crippen LogP contribution < -0.4 is 14.8 Å². The van der Waals surface area contributed by atoms with Crippen LogP contribution in [-0.2, 0) is 6.54 Å². The maximum absolute atomic E-state index is 5.46. The molecule has 5 nitrogen and oxygen atoms in total. The number of rotatable bonds is 6. The van der Waals surface area contributed by atoms with E-state index in [9.17, 15) is 0 Å². The fraction of sp³-hybridized carbons (Fsp3) is 0.550. The Morgan fingerprint density at radius 3 is 3.08 bits per heavy atom. The molecule has 1 atom stereocenters. The molecule has 1 fully saturated rings. The monoisotopic (exact) mass is 373 g/mol. The van der Waals surface area contributed by atoms with Crippen LogP contribution in [0.3, 0.4) is 0 Å². The van der Waals surface area contributed by atoms with E-state index < -0.39 is 0 Å². The van der Waals surface area contributed by atoms with Crippen molar-refractivity contribution in [3.8, 4) is 22.1 Å². The van der Waals surface area contributed by atoms with Crippen LogP contribution in [-0.4, -0.2) is 42.4 Å². The van der Waals surface area contributed by atoms with Crippen LogP contribution >= 0.6 is 11.3 Å². The van der Waals surface area contributed by atoms with Gasteiger partial charge in [0, 0.05) is 30.1 Å². The number of hydrogen-bond acceptors (Lipinski definition) is 6. The zero-order chi connectivity index (χ0) is 17.9. The van der Waals surface area contributed by atoms with Crippen molar-refractivity contribution in [2.45, 2.75) is 39.3 Å². The Bertz CT molecular complexity index is 746. The second-order valence-corrected chi connectivity index (χ2v) is 8.30. The van der Waals surface area contributed by atoms with Gasteiger partial charge in [-0.25, -0.2) is 4.98 Å². The van der Waals surface area contributed by atoms with Gasteiger partial charge in [-0.1, -0.05) is 0 Å². The first kappa shape index (κ1) is 17.8. The summed E-state index contributed by atoms with van der Waals surface area (Å²) in [6.45, 7) is 9.26. The number of benzene rings is 1. The summed E-state index contributed by atoms with van der Waals surface area (Å²) in [6.07, 6.45) is 2.64. The number of piperidine rings is 1. The Morgan fingerprint density at radius 1 is 1.31 bits per heavy atom. The van der Waals surface area contributed by atoms with Crippen LogP contribution in [0.4, 0.5) is 0 Å². The van der Waals surface area contributed by atoms with Crippen molar-refractivity contribution in [2.24, 2.45) is 5.92 Å². The van der Waals surface area contributed by atoms with Gasteiger partial charge in [0.05, 0.1) is 5.69 Å². The van der Waals surface area contributed by atoms with E-state index in [4.69, 9.17) is 14.5 Å². The van der Waals surface area contributed by atoms with E-state index in [0.717, 1.165) is 46.8 Å². The highest BCUT2D eigenvalue weighted by molar-refractivity contribution is 7.13. The molecule has 2 aliphatic rings. The average Bonchev–Trinajstić information content (AvgIpc) is 3.30. The maximum Gasteiger partial charge on any atom is 0.231 e.